The van der Waals surface area contributed by atoms with Crippen LogP contribution in [0.2, 0.25) is 0 Å². The van der Waals surface area contributed by atoms with Crippen molar-refractivity contribution in [3.8, 4) is 0 Å². The van der Waals surface area contributed by atoms with E-state index in [-0.39, 0.29) is 5.54 Å². The van der Waals surface area contributed by atoms with Crippen molar-refractivity contribution in [2.24, 2.45) is 12.8 Å². The van der Waals surface area contributed by atoms with Gasteiger partial charge in [-0.2, -0.15) is 0 Å². The molecule has 0 radical (unpaired) electrons. The van der Waals surface area contributed by atoms with Gasteiger partial charge in [0.05, 0.1) is 5.54 Å². The third-order valence-electron chi connectivity index (χ3n) is 3.32. The van der Waals surface area contributed by atoms with Crippen molar-refractivity contribution in [2.75, 3.05) is 0 Å². The fourth-order valence-electron chi connectivity index (χ4n) is 2.25. The molecule has 0 bridgehead atoms. The zero-order valence-electron chi connectivity index (χ0n) is 8.77. The van der Waals surface area contributed by atoms with E-state index in [9.17, 15) is 0 Å². The SMILES string of the molecule is Cn1c(C2(N)CCC2)nc2cccnc21. The van der Waals surface area contributed by atoms with Gasteiger partial charge in [0.2, 0.25) is 0 Å². The number of aryl methyl sites for hydroxylation is 1. The van der Waals surface area contributed by atoms with Crippen LogP contribution in [0.15, 0.2) is 18.3 Å². The molecule has 1 fully saturated rings. The van der Waals surface area contributed by atoms with Gasteiger partial charge in [0.15, 0.2) is 5.65 Å². The standard InChI is InChI=1S/C11H14N4/c1-15-9-8(4-2-7-13-9)14-10(15)11(12)5-3-6-11/h2,4,7H,3,5-6,12H2,1H3. The lowest BCUT2D eigenvalue weighted by Gasteiger charge is -2.37. The van der Waals surface area contributed by atoms with E-state index < -0.39 is 0 Å². The van der Waals surface area contributed by atoms with E-state index in [4.69, 9.17) is 5.73 Å². The summed E-state index contributed by atoms with van der Waals surface area (Å²) in [5.41, 5.74) is 7.92. The van der Waals surface area contributed by atoms with Crippen molar-refractivity contribution in [3.63, 3.8) is 0 Å². The maximum atomic E-state index is 6.28. The predicted molar refractivity (Wildman–Crippen MR) is 58.2 cm³/mol. The Morgan fingerprint density at radius 2 is 2.27 bits per heavy atom. The molecule has 0 saturated heterocycles. The van der Waals surface area contributed by atoms with Crippen LogP contribution in [-0.4, -0.2) is 14.5 Å². The van der Waals surface area contributed by atoms with Gasteiger partial charge >= 0.3 is 0 Å². The summed E-state index contributed by atoms with van der Waals surface area (Å²) < 4.78 is 2.02. The highest BCUT2D eigenvalue weighted by Gasteiger charge is 2.38. The van der Waals surface area contributed by atoms with Crippen LogP contribution >= 0.6 is 0 Å². The van der Waals surface area contributed by atoms with Gasteiger partial charge in [0.25, 0.3) is 0 Å². The lowest BCUT2D eigenvalue weighted by atomic mass is 9.77. The molecule has 0 spiro atoms. The van der Waals surface area contributed by atoms with Gasteiger partial charge in [-0.15, -0.1) is 0 Å². The molecule has 1 saturated carbocycles. The van der Waals surface area contributed by atoms with E-state index in [1.54, 1.807) is 6.20 Å². The van der Waals surface area contributed by atoms with E-state index in [0.717, 1.165) is 29.8 Å². The van der Waals surface area contributed by atoms with E-state index in [1.807, 2.05) is 23.7 Å². The van der Waals surface area contributed by atoms with Gasteiger partial charge in [0, 0.05) is 13.2 Å². The maximum Gasteiger partial charge on any atom is 0.159 e. The van der Waals surface area contributed by atoms with Crippen LogP contribution < -0.4 is 5.73 Å². The molecular weight excluding hydrogens is 188 g/mol. The Hall–Kier alpha value is -1.42. The molecule has 0 unspecified atom stereocenters. The Balaban J connectivity index is 2.23. The van der Waals surface area contributed by atoms with Crippen molar-refractivity contribution >= 4 is 11.2 Å². The number of hydrogen-bond acceptors (Lipinski definition) is 3. The van der Waals surface area contributed by atoms with Crippen LogP contribution in [0.3, 0.4) is 0 Å². The number of nitrogens with two attached hydrogens (primary N) is 1. The Morgan fingerprint density at radius 3 is 2.87 bits per heavy atom. The molecule has 2 N–H and O–H groups in total. The summed E-state index contributed by atoms with van der Waals surface area (Å²) in [6, 6.07) is 3.89. The number of hydrogen-bond donors (Lipinski definition) is 1. The minimum Gasteiger partial charge on any atom is -0.319 e. The Morgan fingerprint density at radius 1 is 1.47 bits per heavy atom. The topological polar surface area (TPSA) is 56.7 Å². The number of pyridine rings is 1. The maximum absolute atomic E-state index is 6.28. The van der Waals surface area contributed by atoms with Gasteiger partial charge in [-0.3, -0.25) is 0 Å². The van der Waals surface area contributed by atoms with Crippen molar-refractivity contribution in [1.29, 1.82) is 0 Å². The summed E-state index contributed by atoms with van der Waals surface area (Å²) in [6.45, 7) is 0. The molecular formula is C11H14N4. The van der Waals surface area contributed by atoms with Crippen molar-refractivity contribution < 1.29 is 0 Å². The molecule has 0 atom stereocenters. The van der Waals surface area contributed by atoms with Crippen molar-refractivity contribution in [2.45, 2.75) is 24.8 Å². The van der Waals surface area contributed by atoms with Gasteiger partial charge in [-0.25, -0.2) is 9.97 Å². The third-order valence-corrected chi connectivity index (χ3v) is 3.32. The second-order valence-electron chi connectivity index (χ2n) is 4.35. The molecule has 0 amide bonds. The minimum absolute atomic E-state index is 0.213. The molecule has 3 rings (SSSR count). The van der Waals surface area contributed by atoms with Gasteiger partial charge < -0.3 is 10.3 Å². The monoisotopic (exact) mass is 202 g/mol. The van der Waals surface area contributed by atoms with E-state index in [2.05, 4.69) is 9.97 Å². The first-order valence-electron chi connectivity index (χ1n) is 5.27. The molecule has 2 aromatic heterocycles. The van der Waals surface area contributed by atoms with Crippen LogP contribution in [-0.2, 0) is 12.6 Å². The molecule has 78 valence electrons. The average Bonchev–Trinajstić information content (AvgIpc) is 2.54. The zero-order valence-corrected chi connectivity index (χ0v) is 8.77. The summed E-state index contributed by atoms with van der Waals surface area (Å²) >= 11 is 0. The van der Waals surface area contributed by atoms with Crippen LogP contribution in [0.25, 0.3) is 11.2 Å². The minimum atomic E-state index is -0.213. The number of imidazole rings is 1. The first-order valence-corrected chi connectivity index (χ1v) is 5.27. The summed E-state index contributed by atoms with van der Waals surface area (Å²) in [4.78, 5) is 8.90. The molecule has 15 heavy (non-hydrogen) atoms. The van der Waals surface area contributed by atoms with E-state index >= 15 is 0 Å². The number of fused-ring (bicyclic) bond motifs is 1. The molecule has 4 nitrogen and oxygen atoms in total. The molecule has 1 aliphatic rings. The van der Waals surface area contributed by atoms with Crippen molar-refractivity contribution in [1.82, 2.24) is 14.5 Å². The van der Waals surface area contributed by atoms with Crippen LogP contribution in [0.4, 0.5) is 0 Å². The number of rotatable bonds is 1. The van der Waals surface area contributed by atoms with E-state index in [1.165, 1.54) is 6.42 Å². The van der Waals surface area contributed by atoms with Gasteiger partial charge in [0.1, 0.15) is 11.3 Å². The lowest BCUT2D eigenvalue weighted by molar-refractivity contribution is 0.233. The molecule has 4 heteroatoms. The smallest absolute Gasteiger partial charge is 0.159 e. The number of aromatic nitrogens is 3. The van der Waals surface area contributed by atoms with E-state index in [0.29, 0.717) is 0 Å². The highest BCUT2D eigenvalue weighted by molar-refractivity contribution is 5.71. The van der Waals surface area contributed by atoms with Crippen LogP contribution in [0.5, 0.6) is 0 Å². The largest absolute Gasteiger partial charge is 0.319 e. The molecule has 0 aliphatic heterocycles. The summed E-state index contributed by atoms with van der Waals surface area (Å²) in [7, 11) is 1.99. The summed E-state index contributed by atoms with van der Waals surface area (Å²) in [5, 5.41) is 0. The molecule has 2 heterocycles. The lowest BCUT2D eigenvalue weighted by Crippen LogP contribution is -2.45. The summed E-state index contributed by atoms with van der Waals surface area (Å²) in [5.74, 6) is 0.974. The van der Waals surface area contributed by atoms with Crippen LogP contribution in [0, 0.1) is 0 Å². The molecule has 2 aromatic rings. The van der Waals surface area contributed by atoms with Gasteiger partial charge in [-0.1, -0.05) is 0 Å². The molecule has 1 aliphatic carbocycles. The highest BCUT2D eigenvalue weighted by atomic mass is 15.1. The fourth-order valence-corrected chi connectivity index (χ4v) is 2.25. The first-order chi connectivity index (χ1) is 7.21. The van der Waals surface area contributed by atoms with Gasteiger partial charge in [-0.05, 0) is 31.4 Å². The average molecular weight is 202 g/mol. The molecule has 0 aromatic carbocycles. The number of nitrogens with zero attached hydrogens (tertiary/aromatic N) is 3. The fraction of sp³-hybridized carbons (Fsp3) is 0.455. The Kier molecular flexibility index (Phi) is 1.65. The quantitative estimate of drug-likeness (QED) is 0.758. The summed E-state index contributed by atoms with van der Waals surface area (Å²) in [6.07, 6.45) is 5.05. The van der Waals surface area contributed by atoms with Crippen LogP contribution in [0.1, 0.15) is 25.1 Å². The zero-order chi connectivity index (χ0) is 10.5. The second-order valence-corrected chi connectivity index (χ2v) is 4.35. The Labute approximate surface area is 88.1 Å². The third kappa shape index (κ3) is 1.11. The predicted octanol–water partition coefficient (Wildman–Crippen LogP) is 1.31. The normalized spacial score (nSPS) is 19.1. The highest BCUT2D eigenvalue weighted by Crippen LogP contribution is 2.38. The first kappa shape index (κ1) is 8.85. The van der Waals surface area contributed by atoms with Crippen molar-refractivity contribution in [3.05, 3.63) is 24.2 Å². The Bertz CT molecular complexity index is 510. The second kappa shape index (κ2) is 2.79.